The van der Waals surface area contributed by atoms with Crippen molar-refractivity contribution in [2.24, 2.45) is 11.8 Å². The number of fused-ring (bicyclic) bond motifs is 1. The van der Waals surface area contributed by atoms with Gasteiger partial charge in [0.15, 0.2) is 0 Å². The van der Waals surface area contributed by atoms with Crippen LogP contribution in [0.2, 0.25) is 0 Å². The van der Waals surface area contributed by atoms with Crippen molar-refractivity contribution in [1.29, 1.82) is 0 Å². The van der Waals surface area contributed by atoms with Crippen LogP contribution in [0.4, 0.5) is 5.82 Å². The van der Waals surface area contributed by atoms with E-state index in [4.69, 9.17) is 0 Å². The number of carbonyl (C=O) groups excluding carboxylic acids is 1. The van der Waals surface area contributed by atoms with E-state index in [1.165, 1.54) is 0 Å². The number of aromatic nitrogens is 4. The van der Waals surface area contributed by atoms with E-state index in [2.05, 4.69) is 32.0 Å². The van der Waals surface area contributed by atoms with Gasteiger partial charge >= 0.3 is 0 Å². The second-order valence-corrected chi connectivity index (χ2v) is 6.53. The number of aromatic amines is 1. The summed E-state index contributed by atoms with van der Waals surface area (Å²) in [5.74, 6) is 2.15. The van der Waals surface area contributed by atoms with Gasteiger partial charge in [-0.05, 0) is 13.8 Å². The third-order valence-electron chi connectivity index (χ3n) is 5.13. The van der Waals surface area contributed by atoms with Crippen molar-refractivity contribution in [3.8, 4) is 0 Å². The van der Waals surface area contributed by atoms with Gasteiger partial charge in [0, 0.05) is 55.5 Å². The third kappa shape index (κ3) is 2.36. The van der Waals surface area contributed by atoms with Gasteiger partial charge in [-0.3, -0.25) is 9.89 Å². The standard InChI is InChI=1S/C16H20N6O/c1-10-11(2)17-9-18-15(10)21-5-13-7-22(8-14(13)6-21)16(23)12-3-19-20-4-12/h3-4,9,13-14H,5-8H2,1-2H3,(H,19,20). The first-order valence-corrected chi connectivity index (χ1v) is 7.94. The van der Waals surface area contributed by atoms with Gasteiger partial charge in [-0.25, -0.2) is 9.97 Å². The summed E-state index contributed by atoms with van der Waals surface area (Å²) in [5, 5.41) is 6.57. The van der Waals surface area contributed by atoms with Crippen LogP contribution in [0.25, 0.3) is 0 Å². The van der Waals surface area contributed by atoms with Crippen molar-refractivity contribution in [3.63, 3.8) is 0 Å². The molecule has 23 heavy (non-hydrogen) atoms. The maximum Gasteiger partial charge on any atom is 0.257 e. The van der Waals surface area contributed by atoms with E-state index in [1.807, 2.05) is 11.8 Å². The summed E-state index contributed by atoms with van der Waals surface area (Å²) < 4.78 is 0. The molecule has 120 valence electrons. The van der Waals surface area contributed by atoms with E-state index in [9.17, 15) is 4.79 Å². The van der Waals surface area contributed by atoms with Crippen LogP contribution in [0.15, 0.2) is 18.7 Å². The highest BCUT2D eigenvalue weighted by Gasteiger charge is 2.42. The number of amides is 1. The van der Waals surface area contributed by atoms with Crippen molar-refractivity contribution < 1.29 is 4.79 Å². The van der Waals surface area contributed by atoms with E-state index in [-0.39, 0.29) is 5.91 Å². The van der Waals surface area contributed by atoms with Crippen LogP contribution >= 0.6 is 0 Å². The van der Waals surface area contributed by atoms with Crippen LogP contribution in [0, 0.1) is 25.7 Å². The largest absolute Gasteiger partial charge is 0.356 e. The number of aryl methyl sites for hydroxylation is 1. The fourth-order valence-electron chi connectivity index (χ4n) is 3.73. The highest BCUT2D eigenvalue weighted by atomic mass is 16.2. The molecule has 2 aromatic heterocycles. The first-order valence-electron chi connectivity index (χ1n) is 7.94. The Morgan fingerprint density at radius 3 is 2.57 bits per heavy atom. The molecule has 2 aromatic rings. The van der Waals surface area contributed by atoms with Crippen molar-refractivity contribution in [3.05, 3.63) is 35.5 Å². The molecule has 0 spiro atoms. The lowest BCUT2D eigenvalue weighted by molar-refractivity contribution is 0.0782. The van der Waals surface area contributed by atoms with E-state index in [1.54, 1.807) is 18.7 Å². The summed E-state index contributed by atoms with van der Waals surface area (Å²) in [4.78, 5) is 25.4. The molecule has 0 aliphatic carbocycles. The lowest BCUT2D eigenvalue weighted by Gasteiger charge is -2.23. The van der Waals surface area contributed by atoms with E-state index in [0.717, 1.165) is 43.3 Å². The molecule has 7 heteroatoms. The van der Waals surface area contributed by atoms with Crippen LogP contribution in [0.3, 0.4) is 0 Å². The molecule has 2 fully saturated rings. The average Bonchev–Trinajstić information content (AvgIpc) is 3.24. The van der Waals surface area contributed by atoms with Crippen LogP contribution in [-0.4, -0.2) is 57.2 Å². The van der Waals surface area contributed by atoms with Crippen molar-refractivity contribution in [2.75, 3.05) is 31.1 Å². The third-order valence-corrected chi connectivity index (χ3v) is 5.13. The summed E-state index contributed by atoms with van der Waals surface area (Å²) in [6, 6.07) is 0. The molecular weight excluding hydrogens is 292 g/mol. The van der Waals surface area contributed by atoms with Gasteiger partial charge < -0.3 is 9.80 Å². The highest BCUT2D eigenvalue weighted by molar-refractivity contribution is 5.93. The van der Waals surface area contributed by atoms with Crippen LogP contribution in [0.5, 0.6) is 0 Å². The quantitative estimate of drug-likeness (QED) is 0.896. The molecule has 2 aliphatic heterocycles. The molecule has 0 aromatic carbocycles. The molecule has 0 radical (unpaired) electrons. The van der Waals surface area contributed by atoms with E-state index in [0.29, 0.717) is 17.4 Å². The van der Waals surface area contributed by atoms with Crippen molar-refractivity contribution in [1.82, 2.24) is 25.1 Å². The first kappa shape index (κ1) is 14.2. The molecule has 1 N–H and O–H groups in total. The summed E-state index contributed by atoms with van der Waals surface area (Å²) in [6.45, 7) is 7.63. The SMILES string of the molecule is Cc1ncnc(N2CC3CN(C(=O)c4cn[nH]c4)CC3C2)c1C. The molecule has 1 amide bonds. The number of nitrogens with one attached hydrogen (secondary N) is 1. The van der Waals surface area contributed by atoms with Gasteiger partial charge in [-0.1, -0.05) is 0 Å². The molecule has 2 unspecified atom stereocenters. The zero-order chi connectivity index (χ0) is 16.0. The average molecular weight is 312 g/mol. The molecule has 4 rings (SSSR count). The smallest absolute Gasteiger partial charge is 0.257 e. The van der Waals surface area contributed by atoms with Crippen LogP contribution in [0.1, 0.15) is 21.6 Å². The van der Waals surface area contributed by atoms with Gasteiger partial charge in [0.2, 0.25) is 0 Å². The molecule has 2 aliphatic rings. The van der Waals surface area contributed by atoms with Crippen molar-refractivity contribution >= 4 is 11.7 Å². The van der Waals surface area contributed by atoms with E-state index >= 15 is 0 Å². The summed E-state index contributed by atoms with van der Waals surface area (Å²) in [6.07, 6.45) is 4.89. The van der Waals surface area contributed by atoms with Gasteiger partial charge in [-0.2, -0.15) is 5.10 Å². The normalized spacial score (nSPS) is 23.4. The van der Waals surface area contributed by atoms with Crippen LogP contribution < -0.4 is 4.90 Å². The number of H-pyrrole nitrogens is 1. The fourth-order valence-corrected chi connectivity index (χ4v) is 3.73. The Morgan fingerprint density at radius 2 is 1.91 bits per heavy atom. The minimum absolute atomic E-state index is 0.0776. The minimum Gasteiger partial charge on any atom is -0.356 e. The zero-order valence-electron chi connectivity index (χ0n) is 13.4. The predicted molar refractivity (Wildman–Crippen MR) is 85.2 cm³/mol. The maximum atomic E-state index is 12.4. The molecular formula is C16H20N6O. The maximum absolute atomic E-state index is 12.4. The highest BCUT2D eigenvalue weighted by Crippen LogP contribution is 2.35. The molecule has 2 saturated heterocycles. The number of likely N-dealkylation sites (tertiary alicyclic amines) is 1. The van der Waals surface area contributed by atoms with Crippen molar-refractivity contribution in [2.45, 2.75) is 13.8 Å². The predicted octanol–water partition coefficient (Wildman–Crippen LogP) is 1.02. The summed E-state index contributed by atoms with van der Waals surface area (Å²) in [7, 11) is 0. The summed E-state index contributed by atoms with van der Waals surface area (Å²) in [5.41, 5.74) is 2.83. The first-order chi connectivity index (χ1) is 11.1. The molecule has 4 heterocycles. The summed E-state index contributed by atoms with van der Waals surface area (Å²) >= 11 is 0. The number of carbonyl (C=O) groups is 1. The lowest BCUT2D eigenvalue weighted by Crippen LogP contribution is -2.33. The number of nitrogens with zero attached hydrogens (tertiary/aromatic N) is 5. The fraction of sp³-hybridized carbons (Fsp3) is 0.500. The Bertz CT molecular complexity index is 714. The second-order valence-electron chi connectivity index (χ2n) is 6.53. The Balaban J connectivity index is 1.46. The Morgan fingerprint density at radius 1 is 1.17 bits per heavy atom. The monoisotopic (exact) mass is 312 g/mol. The molecule has 0 saturated carbocycles. The number of hydrogen-bond donors (Lipinski definition) is 1. The van der Waals surface area contributed by atoms with Gasteiger partial charge in [0.1, 0.15) is 12.1 Å². The Labute approximate surface area is 134 Å². The molecule has 7 nitrogen and oxygen atoms in total. The zero-order valence-corrected chi connectivity index (χ0v) is 13.4. The Hall–Kier alpha value is -2.44. The van der Waals surface area contributed by atoms with Gasteiger partial charge in [0.05, 0.1) is 11.8 Å². The number of hydrogen-bond acceptors (Lipinski definition) is 5. The van der Waals surface area contributed by atoms with Gasteiger partial charge in [0.25, 0.3) is 5.91 Å². The van der Waals surface area contributed by atoms with E-state index < -0.39 is 0 Å². The molecule has 2 atom stereocenters. The number of anilines is 1. The minimum atomic E-state index is 0.0776. The lowest BCUT2D eigenvalue weighted by atomic mass is 10.0. The molecule has 0 bridgehead atoms. The van der Waals surface area contributed by atoms with Gasteiger partial charge in [-0.15, -0.1) is 0 Å². The topological polar surface area (TPSA) is 78.0 Å². The Kier molecular flexibility index (Phi) is 3.28. The number of rotatable bonds is 2. The second kappa shape index (κ2) is 5.33. The van der Waals surface area contributed by atoms with Crippen LogP contribution in [-0.2, 0) is 0 Å².